The fourth-order valence-corrected chi connectivity index (χ4v) is 2.74. The van der Waals surface area contributed by atoms with Crippen LogP contribution in [0.4, 0.5) is 4.39 Å². The Labute approximate surface area is 113 Å². The standard InChI is InChI=1S/C15H22FNO2/c16-13-7-12(8-14(18)9-13)10-17-11-15(19)5-3-1-2-4-6-15/h7-9,17-19H,1-6,10-11H2. The number of benzene rings is 1. The van der Waals surface area contributed by atoms with Crippen molar-refractivity contribution in [2.45, 2.75) is 50.7 Å². The molecule has 1 aromatic carbocycles. The molecule has 0 unspecified atom stereocenters. The number of halogens is 1. The maximum Gasteiger partial charge on any atom is 0.127 e. The van der Waals surface area contributed by atoms with Gasteiger partial charge in [-0.3, -0.25) is 0 Å². The molecule has 0 radical (unpaired) electrons. The van der Waals surface area contributed by atoms with Crippen LogP contribution >= 0.6 is 0 Å². The van der Waals surface area contributed by atoms with Crippen LogP contribution in [0, 0.1) is 5.82 Å². The van der Waals surface area contributed by atoms with Gasteiger partial charge in [-0.2, -0.15) is 0 Å². The third-order valence-corrected chi connectivity index (χ3v) is 3.76. The van der Waals surface area contributed by atoms with Crippen molar-refractivity contribution in [3.8, 4) is 5.75 Å². The fourth-order valence-electron chi connectivity index (χ4n) is 2.74. The predicted molar refractivity (Wildman–Crippen MR) is 72.4 cm³/mol. The highest BCUT2D eigenvalue weighted by Crippen LogP contribution is 2.26. The van der Waals surface area contributed by atoms with Gasteiger partial charge in [-0.05, 0) is 30.5 Å². The molecule has 0 heterocycles. The second kappa shape index (κ2) is 6.35. The minimum atomic E-state index is -0.633. The van der Waals surface area contributed by atoms with Crippen molar-refractivity contribution in [1.82, 2.24) is 5.32 Å². The van der Waals surface area contributed by atoms with Crippen molar-refractivity contribution in [2.75, 3.05) is 6.54 Å². The van der Waals surface area contributed by atoms with Gasteiger partial charge in [-0.1, -0.05) is 25.7 Å². The summed E-state index contributed by atoms with van der Waals surface area (Å²) in [6.45, 7) is 0.970. The summed E-state index contributed by atoms with van der Waals surface area (Å²) in [5.74, 6) is -0.505. The topological polar surface area (TPSA) is 52.5 Å². The van der Waals surface area contributed by atoms with Gasteiger partial charge >= 0.3 is 0 Å². The molecule has 1 saturated carbocycles. The molecule has 1 aliphatic rings. The summed E-state index contributed by atoms with van der Waals surface area (Å²) >= 11 is 0. The Morgan fingerprint density at radius 2 is 1.79 bits per heavy atom. The Kier molecular flexibility index (Phi) is 4.77. The van der Waals surface area contributed by atoms with E-state index in [0.29, 0.717) is 18.7 Å². The second-order valence-electron chi connectivity index (χ2n) is 5.56. The molecular weight excluding hydrogens is 245 g/mol. The lowest BCUT2D eigenvalue weighted by Crippen LogP contribution is -2.39. The van der Waals surface area contributed by atoms with E-state index in [-0.39, 0.29) is 5.75 Å². The van der Waals surface area contributed by atoms with Crippen LogP contribution in [0.3, 0.4) is 0 Å². The first-order valence-corrected chi connectivity index (χ1v) is 6.99. The molecule has 4 heteroatoms. The van der Waals surface area contributed by atoms with E-state index in [4.69, 9.17) is 0 Å². The smallest absolute Gasteiger partial charge is 0.127 e. The average molecular weight is 267 g/mol. The molecule has 0 atom stereocenters. The lowest BCUT2D eigenvalue weighted by molar-refractivity contribution is 0.0250. The SMILES string of the molecule is Oc1cc(F)cc(CNCC2(O)CCCCCC2)c1. The zero-order valence-corrected chi connectivity index (χ0v) is 11.2. The van der Waals surface area contributed by atoms with Crippen LogP contribution in [-0.2, 0) is 6.54 Å². The quantitative estimate of drug-likeness (QED) is 0.735. The molecule has 0 saturated heterocycles. The summed E-state index contributed by atoms with van der Waals surface area (Å²) in [5, 5.41) is 22.9. The van der Waals surface area contributed by atoms with Crippen molar-refractivity contribution in [2.24, 2.45) is 0 Å². The van der Waals surface area contributed by atoms with Gasteiger partial charge < -0.3 is 15.5 Å². The van der Waals surface area contributed by atoms with Gasteiger partial charge in [0.1, 0.15) is 11.6 Å². The molecule has 0 amide bonds. The van der Waals surface area contributed by atoms with E-state index in [1.807, 2.05) is 0 Å². The Morgan fingerprint density at radius 1 is 1.11 bits per heavy atom. The summed E-state index contributed by atoms with van der Waals surface area (Å²) in [5.41, 5.74) is 0.0565. The van der Waals surface area contributed by atoms with Crippen molar-refractivity contribution < 1.29 is 14.6 Å². The van der Waals surface area contributed by atoms with Crippen LogP contribution in [0.2, 0.25) is 0 Å². The third-order valence-electron chi connectivity index (χ3n) is 3.76. The van der Waals surface area contributed by atoms with Crippen molar-refractivity contribution in [3.05, 3.63) is 29.6 Å². The van der Waals surface area contributed by atoms with E-state index >= 15 is 0 Å². The van der Waals surface area contributed by atoms with Crippen molar-refractivity contribution >= 4 is 0 Å². The first kappa shape index (κ1) is 14.3. The Hall–Kier alpha value is -1.13. The minimum absolute atomic E-state index is 0.0648. The molecule has 1 aliphatic carbocycles. The van der Waals surface area contributed by atoms with Crippen molar-refractivity contribution in [1.29, 1.82) is 0 Å². The number of aromatic hydroxyl groups is 1. The van der Waals surface area contributed by atoms with Gasteiger partial charge in [-0.25, -0.2) is 4.39 Å². The first-order chi connectivity index (χ1) is 9.07. The number of aliphatic hydroxyl groups is 1. The van der Waals surface area contributed by atoms with Gasteiger partial charge in [0.25, 0.3) is 0 Å². The summed E-state index contributed by atoms with van der Waals surface area (Å²) in [7, 11) is 0. The summed E-state index contributed by atoms with van der Waals surface area (Å²) in [6, 6.07) is 4.01. The second-order valence-corrected chi connectivity index (χ2v) is 5.56. The largest absolute Gasteiger partial charge is 0.508 e. The summed E-state index contributed by atoms with van der Waals surface area (Å²) in [6.07, 6.45) is 6.18. The van der Waals surface area contributed by atoms with E-state index in [0.717, 1.165) is 31.7 Å². The highest BCUT2D eigenvalue weighted by Gasteiger charge is 2.27. The molecule has 19 heavy (non-hydrogen) atoms. The third kappa shape index (κ3) is 4.48. The van der Waals surface area contributed by atoms with Gasteiger partial charge in [0.05, 0.1) is 5.60 Å². The van der Waals surface area contributed by atoms with Crippen LogP contribution in [0.25, 0.3) is 0 Å². The van der Waals surface area contributed by atoms with Crippen LogP contribution in [0.15, 0.2) is 18.2 Å². The predicted octanol–water partition coefficient (Wildman–Crippen LogP) is 2.71. The molecule has 0 aromatic heterocycles. The number of hydrogen-bond donors (Lipinski definition) is 3. The maximum absolute atomic E-state index is 13.1. The van der Waals surface area contributed by atoms with Gasteiger partial charge in [0.15, 0.2) is 0 Å². The summed E-state index contributed by atoms with van der Waals surface area (Å²) in [4.78, 5) is 0. The first-order valence-electron chi connectivity index (χ1n) is 6.99. The number of nitrogens with one attached hydrogen (secondary N) is 1. The number of phenols is 1. The molecule has 3 nitrogen and oxygen atoms in total. The fraction of sp³-hybridized carbons (Fsp3) is 0.600. The van der Waals surface area contributed by atoms with Gasteiger partial charge in [0.2, 0.25) is 0 Å². The van der Waals surface area contributed by atoms with Crippen LogP contribution in [0.1, 0.15) is 44.1 Å². The maximum atomic E-state index is 13.1. The van der Waals surface area contributed by atoms with E-state index in [9.17, 15) is 14.6 Å². The zero-order valence-electron chi connectivity index (χ0n) is 11.2. The highest BCUT2D eigenvalue weighted by molar-refractivity contribution is 5.28. The van der Waals surface area contributed by atoms with Gasteiger partial charge in [0, 0.05) is 19.2 Å². The molecular formula is C15H22FNO2. The van der Waals surface area contributed by atoms with E-state index < -0.39 is 11.4 Å². The molecule has 0 aliphatic heterocycles. The molecule has 106 valence electrons. The number of hydrogen-bond acceptors (Lipinski definition) is 3. The van der Waals surface area contributed by atoms with E-state index in [1.165, 1.54) is 25.0 Å². The van der Waals surface area contributed by atoms with E-state index in [1.54, 1.807) is 0 Å². The molecule has 1 fully saturated rings. The van der Waals surface area contributed by atoms with Crippen LogP contribution in [-0.4, -0.2) is 22.4 Å². The Morgan fingerprint density at radius 3 is 2.42 bits per heavy atom. The van der Waals surface area contributed by atoms with Crippen LogP contribution < -0.4 is 5.32 Å². The van der Waals surface area contributed by atoms with Crippen LogP contribution in [0.5, 0.6) is 5.75 Å². The highest BCUT2D eigenvalue weighted by atomic mass is 19.1. The lowest BCUT2D eigenvalue weighted by atomic mass is 9.94. The average Bonchev–Trinajstić information content (AvgIpc) is 2.53. The van der Waals surface area contributed by atoms with Gasteiger partial charge in [-0.15, -0.1) is 0 Å². The Bertz CT molecular complexity index is 394. The summed E-state index contributed by atoms with van der Waals surface area (Å²) < 4.78 is 13.1. The monoisotopic (exact) mass is 267 g/mol. The molecule has 3 N–H and O–H groups in total. The molecule has 0 bridgehead atoms. The van der Waals surface area contributed by atoms with E-state index in [2.05, 4.69) is 5.32 Å². The molecule has 2 rings (SSSR count). The molecule has 0 spiro atoms. The van der Waals surface area contributed by atoms with Crippen molar-refractivity contribution in [3.63, 3.8) is 0 Å². The minimum Gasteiger partial charge on any atom is -0.508 e. The number of rotatable bonds is 4. The zero-order chi connectivity index (χ0) is 13.7. The molecule has 1 aromatic rings. The Balaban J connectivity index is 1.85. The lowest BCUT2D eigenvalue weighted by Gasteiger charge is -2.27. The number of phenolic OH excluding ortho intramolecular Hbond substituents is 1. The normalized spacial score (nSPS) is 19.1.